The highest BCUT2D eigenvalue weighted by molar-refractivity contribution is 5.72. The monoisotopic (exact) mass is 297 g/mol. The SMILES string of the molecule is CC(C1CC1)N(C)C(N)=[N+](C)C.[I-]. The van der Waals surface area contributed by atoms with Crippen LogP contribution in [0.3, 0.4) is 0 Å². The van der Waals surface area contributed by atoms with Gasteiger partial charge in [0.25, 0.3) is 0 Å². The molecule has 0 amide bonds. The highest BCUT2D eigenvalue weighted by Crippen LogP contribution is 2.34. The van der Waals surface area contributed by atoms with Crippen molar-refractivity contribution in [2.45, 2.75) is 25.8 Å². The molecule has 13 heavy (non-hydrogen) atoms. The first-order valence-electron chi connectivity index (χ1n) is 4.56. The van der Waals surface area contributed by atoms with Gasteiger partial charge in [0.15, 0.2) is 0 Å². The zero-order valence-corrected chi connectivity index (χ0v) is 11.1. The third-order valence-electron chi connectivity index (χ3n) is 2.73. The standard InChI is InChI=1S/C9H19N3.HI/c1-7(8-5-6-8)12(4)9(10)11(2)3;/h7-8,10H,5-6H2,1-4H3;1H. The molecular formula is C9H20IN3. The lowest BCUT2D eigenvalue weighted by Gasteiger charge is -2.20. The van der Waals surface area contributed by atoms with Crippen LogP contribution in [0, 0.1) is 5.92 Å². The minimum Gasteiger partial charge on any atom is -1.00 e. The maximum atomic E-state index is 5.90. The summed E-state index contributed by atoms with van der Waals surface area (Å²) in [5, 5.41) is 0. The van der Waals surface area contributed by atoms with E-state index in [1.807, 2.05) is 18.7 Å². The molecule has 0 saturated heterocycles. The van der Waals surface area contributed by atoms with E-state index < -0.39 is 0 Å². The van der Waals surface area contributed by atoms with Gasteiger partial charge in [-0.25, -0.2) is 0 Å². The lowest BCUT2D eigenvalue weighted by molar-refractivity contribution is -0.471. The summed E-state index contributed by atoms with van der Waals surface area (Å²) in [4.78, 5) is 2.16. The van der Waals surface area contributed by atoms with E-state index >= 15 is 0 Å². The molecular weight excluding hydrogens is 277 g/mol. The highest BCUT2D eigenvalue weighted by Gasteiger charge is 2.34. The summed E-state index contributed by atoms with van der Waals surface area (Å²) in [7, 11) is 6.02. The molecule has 3 nitrogen and oxygen atoms in total. The van der Waals surface area contributed by atoms with Crippen molar-refractivity contribution in [2.75, 3.05) is 21.1 Å². The van der Waals surface area contributed by atoms with E-state index in [0.29, 0.717) is 6.04 Å². The molecule has 4 heteroatoms. The van der Waals surface area contributed by atoms with Crippen molar-refractivity contribution in [1.29, 1.82) is 0 Å². The summed E-state index contributed by atoms with van der Waals surface area (Å²) in [5.74, 6) is 1.72. The van der Waals surface area contributed by atoms with Crippen LogP contribution in [-0.4, -0.2) is 42.6 Å². The Labute approximate surface area is 98.0 Å². The second-order valence-corrected chi connectivity index (χ2v) is 3.94. The van der Waals surface area contributed by atoms with Crippen LogP contribution in [0.1, 0.15) is 19.8 Å². The number of halogens is 1. The summed E-state index contributed by atoms with van der Waals surface area (Å²) < 4.78 is 1.96. The Morgan fingerprint density at radius 1 is 1.46 bits per heavy atom. The Morgan fingerprint density at radius 3 is 2.23 bits per heavy atom. The van der Waals surface area contributed by atoms with E-state index in [4.69, 9.17) is 5.73 Å². The average Bonchev–Trinajstić information content (AvgIpc) is 2.82. The number of nitrogens with zero attached hydrogens (tertiary/aromatic N) is 2. The molecule has 1 unspecified atom stereocenters. The van der Waals surface area contributed by atoms with Crippen LogP contribution < -0.4 is 29.7 Å². The molecule has 0 heterocycles. The topological polar surface area (TPSA) is 32.3 Å². The van der Waals surface area contributed by atoms with Crippen LogP contribution in [0.2, 0.25) is 0 Å². The number of rotatable bonds is 2. The first-order chi connectivity index (χ1) is 5.54. The van der Waals surface area contributed by atoms with Gasteiger partial charge in [-0.3, -0.25) is 15.2 Å². The molecule has 1 saturated carbocycles. The van der Waals surface area contributed by atoms with Crippen molar-refractivity contribution in [3.63, 3.8) is 0 Å². The van der Waals surface area contributed by atoms with Gasteiger partial charge in [-0.1, -0.05) is 0 Å². The molecule has 0 radical (unpaired) electrons. The molecule has 0 aliphatic heterocycles. The van der Waals surface area contributed by atoms with Gasteiger partial charge in [0, 0.05) is 0 Å². The van der Waals surface area contributed by atoms with Crippen LogP contribution >= 0.6 is 0 Å². The number of nitrogens with two attached hydrogens (primary N) is 1. The largest absolute Gasteiger partial charge is 1.00 e. The second kappa shape index (κ2) is 5.02. The molecule has 1 rings (SSSR count). The average molecular weight is 297 g/mol. The summed E-state index contributed by atoms with van der Waals surface area (Å²) in [6.45, 7) is 2.24. The summed E-state index contributed by atoms with van der Waals surface area (Å²) in [5.41, 5.74) is 5.90. The van der Waals surface area contributed by atoms with Crippen molar-refractivity contribution >= 4 is 5.96 Å². The fourth-order valence-electron chi connectivity index (χ4n) is 1.42. The zero-order valence-electron chi connectivity index (χ0n) is 8.92. The smallest absolute Gasteiger partial charge is 0.345 e. The first kappa shape index (κ1) is 13.0. The number of hydrogen-bond donors (Lipinski definition) is 1. The summed E-state index contributed by atoms with van der Waals surface area (Å²) in [6.07, 6.45) is 2.73. The van der Waals surface area contributed by atoms with Gasteiger partial charge in [-0.15, -0.1) is 0 Å². The molecule has 0 spiro atoms. The van der Waals surface area contributed by atoms with Crippen LogP contribution in [0.15, 0.2) is 0 Å². The first-order valence-corrected chi connectivity index (χ1v) is 4.56. The zero-order chi connectivity index (χ0) is 9.30. The van der Waals surface area contributed by atoms with Crippen molar-refractivity contribution in [2.24, 2.45) is 11.7 Å². The molecule has 0 aromatic heterocycles. The predicted octanol–water partition coefficient (Wildman–Crippen LogP) is -2.69. The Kier molecular flexibility index (Phi) is 5.02. The molecule has 1 fully saturated rings. The van der Waals surface area contributed by atoms with E-state index in [1.165, 1.54) is 12.8 Å². The molecule has 0 aromatic rings. The Morgan fingerprint density at radius 2 is 1.92 bits per heavy atom. The fraction of sp³-hybridized carbons (Fsp3) is 0.889. The lowest BCUT2D eigenvalue weighted by atomic mass is 10.2. The maximum absolute atomic E-state index is 5.90. The third-order valence-corrected chi connectivity index (χ3v) is 2.73. The number of guanidine groups is 1. The molecule has 2 N–H and O–H groups in total. The Balaban J connectivity index is 0.00000144. The minimum atomic E-state index is 0. The molecule has 0 bridgehead atoms. The van der Waals surface area contributed by atoms with Gasteiger partial charge < -0.3 is 24.0 Å². The predicted molar refractivity (Wildman–Crippen MR) is 51.3 cm³/mol. The van der Waals surface area contributed by atoms with Crippen LogP contribution in [0.4, 0.5) is 0 Å². The Hall–Kier alpha value is 0. The van der Waals surface area contributed by atoms with Gasteiger partial charge in [0.1, 0.15) is 0 Å². The van der Waals surface area contributed by atoms with Gasteiger partial charge in [-0.2, -0.15) is 0 Å². The van der Waals surface area contributed by atoms with E-state index in [1.54, 1.807) is 0 Å². The highest BCUT2D eigenvalue weighted by atomic mass is 127. The van der Waals surface area contributed by atoms with E-state index in [0.717, 1.165) is 11.9 Å². The van der Waals surface area contributed by atoms with E-state index in [9.17, 15) is 0 Å². The molecule has 0 aromatic carbocycles. The normalized spacial score (nSPS) is 17.2. The summed E-state index contributed by atoms with van der Waals surface area (Å²) >= 11 is 0. The second-order valence-electron chi connectivity index (χ2n) is 3.94. The molecule has 78 valence electrons. The molecule has 1 aliphatic carbocycles. The van der Waals surface area contributed by atoms with Crippen molar-refractivity contribution in [3.8, 4) is 0 Å². The fourth-order valence-corrected chi connectivity index (χ4v) is 1.42. The minimum absolute atomic E-state index is 0. The van der Waals surface area contributed by atoms with Crippen LogP contribution in [-0.2, 0) is 0 Å². The van der Waals surface area contributed by atoms with Gasteiger partial charge in [-0.05, 0) is 25.7 Å². The third kappa shape index (κ3) is 3.32. The maximum Gasteiger partial charge on any atom is 0.345 e. The summed E-state index contributed by atoms with van der Waals surface area (Å²) in [6, 6.07) is 0.590. The number of hydrogen-bond acceptors (Lipinski definition) is 0. The molecule has 1 atom stereocenters. The van der Waals surface area contributed by atoms with Gasteiger partial charge in [0.05, 0.1) is 27.2 Å². The van der Waals surface area contributed by atoms with Gasteiger partial charge >= 0.3 is 5.96 Å². The molecule has 1 aliphatic rings. The lowest BCUT2D eigenvalue weighted by Crippen LogP contribution is -3.00. The van der Waals surface area contributed by atoms with Crippen LogP contribution in [0.25, 0.3) is 0 Å². The van der Waals surface area contributed by atoms with Crippen molar-refractivity contribution in [3.05, 3.63) is 0 Å². The van der Waals surface area contributed by atoms with Gasteiger partial charge in [0.2, 0.25) is 0 Å². The van der Waals surface area contributed by atoms with Crippen LogP contribution in [0.5, 0.6) is 0 Å². The van der Waals surface area contributed by atoms with E-state index in [2.05, 4.69) is 18.9 Å². The van der Waals surface area contributed by atoms with E-state index in [-0.39, 0.29) is 24.0 Å². The Bertz CT molecular complexity index is 195. The van der Waals surface area contributed by atoms with Crippen molar-refractivity contribution in [1.82, 2.24) is 4.90 Å². The quantitative estimate of drug-likeness (QED) is 0.260. The van der Waals surface area contributed by atoms with Crippen molar-refractivity contribution < 1.29 is 28.6 Å².